The standard InChI is InChI=1S/C25H32O/c1-20(19-25(2,3)4)18-23(22-11-7-6-8-12-22)13-9-10-21-14-16-24(26-5)17-15-21/h6-8,11-12,14-17H,9-10,13,19H2,1-5H3. The van der Waals surface area contributed by atoms with Crippen molar-refractivity contribution in [2.75, 3.05) is 7.11 Å². The summed E-state index contributed by atoms with van der Waals surface area (Å²) in [5.74, 6) is 0.916. The molecule has 0 spiro atoms. The molecule has 26 heavy (non-hydrogen) atoms. The van der Waals surface area contributed by atoms with Gasteiger partial charge in [-0.3, -0.25) is 0 Å². The van der Waals surface area contributed by atoms with Crippen LogP contribution in [0.2, 0.25) is 0 Å². The van der Waals surface area contributed by atoms with Crippen molar-refractivity contribution >= 4 is 5.57 Å². The van der Waals surface area contributed by atoms with Gasteiger partial charge in [-0.05, 0) is 66.9 Å². The molecule has 0 atom stereocenters. The summed E-state index contributed by atoms with van der Waals surface area (Å²) in [5, 5.41) is 0. The Morgan fingerprint density at radius 1 is 0.962 bits per heavy atom. The molecule has 0 amide bonds. The summed E-state index contributed by atoms with van der Waals surface area (Å²) in [4.78, 5) is 0. The summed E-state index contributed by atoms with van der Waals surface area (Å²) in [6, 6.07) is 19.1. The van der Waals surface area contributed by atoms with Crippen molar-refractivity contribution in [2.24, 2.45) is 5.41 Å². The zero-order valence-corrected chi connectivity index (χ0v) is 16.9. The molecule has 0 radical (unpaired) electrons. The van der Waals surface area contributed by atoms with Gasteiger partial charge in [0.05, 0.1) is 7.11 Å². The van der Waals surface area contributed by atoms with Gasteiger partial charge in [0, 0.05) is 5.57 Å². The third kappa shape index (κ3) is 6.94. The fourth-order valence-corrected chi connectivity index (χ4v) is 3.28. The molecular formula is C25H32O. The minimum atomic E-state index is 0.294. The third-order valence-corrected chi connectivity index (χ3v) is 4.33. The van der Waals surface area contributed by atoms with Crippen LogP contribution in [0.5, 0.6) is 5.75 Å². The highest BCUT2D eigenvalue weighted by Gasteiger charge is 2.11. The van der Waals surface area contributed by atoms with E-state index in [1.54, 1.807) is 7.11 Å². The average Bonchev–Trinajstić information content (AvgIpc) is 2.60. The summed E-state index contributed by atoms with van der Waals surface area (Å²) in [6.07, 6.45) is 4.30. The smallest absolute Gasteiger partial charge is 0.118 e. The van der Waals surface area contributed by atoms with Gasteiger partial charge in [-0.1, -0.05) is 63.2 Å². The average molecular weight is 349 g/mol. The minimum Gasteiger partial charge on any atom is -0.497 e. The van der Waals surface area contributed by atoms with E-state index in [2.05, 4.69) is 75.9 Å². The van der Waals surface area contributed by atoms with Gasteiger partial charge in [-0.25, -0.2) is 0 Å². The predicted molar refractivity (Wildman–Crippen MR) is 113 cm³/mol. The van der Waals surface area contributed by atoms with Crippen LogP contribution in [-0.2, 0) is 6.42 Å². The first-order valence-corrected chi connectivity index (χ1v) is 9.51. The fourth-order valence-electron chi connectivity index (χ4n) is 3.28. The molecule has 2 aromatic rings. The second-order valence-electron chi connectivity index (χ2n) is 8.19. The molecule has 0 aliphatic heterocycles. The molecule has 0 saturated heterocycles. The van der Waals surface area contributed by atoms with Crippen LogP contribution in [0.15, 0.2) is 65.9 Å². The van der Waals surface area contributed by atoms with Crippen LogP contribution in [0.4, 0.5) is 0 Å². The molecule has 138 valence electrons. The van der Waals surface area contributed by atoms with Gasteiger partial charge >= 0.3 is 0 Å². The maximum atomic E-state index is 5.24. The lowest BCUT2D eigenvalue weighted by molar-refractivity contribution is 0.410. The topological polar surface area (TPSA) is 9.23 Å². The highest BCUT2D eigenvalue weighted by atomic mass is 16.5. The molecule has 0 heterocycles. The van der Waals surface area contributed by atoms with Crippen molar-refractivity contribution in [3.63, 3.8) is 0 Å². The van der Waals surface area contributed by atoms with Gasteiger partial charge in [0.1, 0.15) is 5.75 Å². The lowest BCUT2D eigenvalue weighted by Gasteiger charge is -2.17. The number of aryl methyl sites for hydroxylation is 1. The first-order chi connectivity index (χ1) is 12.4. The summed E-state index contributed by atoms with van der Waals surface area (Å²) in [7, 11) is 1.71. The number of hydrogen-bond acceptors (Lipinski definition) is 1. The summed E-state index contributed by atoms with van der Waals surface area (Å²) < 4.78 is 5.24. The Morgan fingerprint density at radius 2 is 1.62 bits per heavy atom. The first kappa shape index (κ1) is 20.1. The lowest BCUT2D eigenvalue weighted by atomic mass is 9.88. The quantitative estimate of drug-likeness (QED) is 0.486. The second-order valence-corrected chi connectivity index (χ2v) is 8.19. The van der Waals surface area contributed by atoms with Crippen LogP contribution in [0.3, 0.4) is 0 Å². The SMILES string of the molecule is COc1ccc(CCCC(=C=C(C)CC(C)(C)C)c2ccccc2)cc1. The van der Waals surface area contributed by atoms with Crippen molar-refractivity contribution in [1.29, 1.82) is 0 Å². The predicted octanol–water partition coefficient (Wildman–Crippen LogP) is 7.08. The molecule has 2 rings (SSSR count). The van der Waals surface area contributed by atoms with Crippen molar-refractivity contribution < 1.29 is 4.74 Å². The van der Waals surface area contributed by atoms with E-state index in [9.17, 15) is 0 Å². The van der Waals surface area contributed by atoms with Gasteiger partial charge in [-0.2, -0.15) is 0 Å². The summed E-state index contributed by atoms with van der Waals surface area (Å²) in [5.41, 5.74) is 9.30. The number of allylic oxidation sites excluding steroid dienone is 1. The van der Waals surface area contributed by atoms with Gasteiger partial charge in [-0.15, -0.1) is 5.73 Å². The first-order valence-electron chi connectivity index (χ1n) is 9.51. The minimum absolute atomic E-state index is 0.294. The lowest BCUT2D eigenvalue weighted by Crippen LogP contribution is -2.04. The molecule has 0 N–H and O–H groups in total. The van der Waals surface area contributed by atoms with E-state index in [1.165, 1.54) is 22.3 Å². The zero-order chi connectivity index (χ0) is 19.0. The van der Waals surface area contributed by atoms with Crippen molar-refractivity contribution in [3.8, 4) is 5.75 Å². The molecule has 0 aliphatic rings. The molecule has 0 fully saturated rings. The van der Waals surface area contributed by atoms with Crippen LogP contribution >= 0.6 is 0 Å². The molecule has 0 saturated carbocycles. The Hall–Kier alpha value is -2.24. The van der Waals surface area contributed by atoms with Gasteiger partial charge in [0.25, 0.3) is 0 Å². The fraction of sp³-hybridized carbons (Fsp3) is 0.400. The van der Waals surface area contributed by atoms with E-state index in [0.29, 0.717) is 5.41 Å². The summed E-state index contributed by atoms with van der Waals surface area (Å²) in [6.45, 7) is 9.05. The maximum absolute atomic E-state index is 5.24. The van der Waals surface area contributed by atoms with Crippen LogP contribution < -0.4 is 4.74 Å². The Kier molecular flexibility index (Phi) is 7.30. The van der Waals surface area contributed by atoms with Gasteiger partial charge < -0.3 is 4.74 Å². The van der Waals surface area contributed by atoms with E-state index in [0.717, 1.165) is 31.4 Å². The Morgan fingerprint density at radius 3 is 2.19 bits per heavy atom. The van der Waals surface area contributed by atoms with E-state index in [1.807, 2.05) is 12.1 Å². The second kappa shape index (κ2) is 9.46. The van der Waals surface area contributed by atoms with E-state index >= 15 is 0 Å². The molecule has 0 unspecified atom stereocenters. The van der Waals surface area contributed by atoms with E-state index in [-0.39, 0.29) is 0 Å². The van der Waals surface area contributed by atoms with Crippen LogP contribution in [0.25, 0.3) is 5.57 Å². The molecule has 1 nitrogen and oxygen atoms in total. The monoisotopic (exact) mass is 348 g/mol. The number of hydrogen-bond donors (Lipinski definition) is 0. The Labute approximate surface area is 159 Å². The molecule has 0 aromatic heterocycles. The van der Waals surface area contributed by atoms with Crippen LogP contribution in [-0.4, -0.2) is 7.11 Å². The highest BCUT2D eigenvalue weighted by molar-refractivity contribution is 5.65. The molecule has 1 heteroatoms. The van der Waals surface area contributed by atoms with E-state index in [4.69, 9.17) is 4.74 Å². The number of benzene rings is 2. The van der Waals surface area contributed by atoms with Crippen molar-refractivity contribution in [3.05, 3.63) is 77.0 Å². The number of ether oxygens (including phenoxy) is 1. The van der Waals surface area contributed by atoms with Crippen molar-refractivity contribution in [2.45, 2.75) is 53.4 Å². The molecule has 0 aliphatic carbocycles. The van der Waals surface area contributed by atoms with Crippen LogP contribution in [0, 0.1) is 5.41 Å². The number of methoxy groups -OCH3 is 1. The van der Waals surface area contributed by atoms with E-state index < -0.39 is 0 Å². The molecule has 2 aromatic carbocycles. The molecule has 0 bridgehead atoms. The maximum Gasteiger partial charge on any atom is 0.118 e. The zero-order valence-electron chi connectivity index (χ0n) is 16.9. The highest BCUT2D eigenvalue weighted by Crippen LogP contribution is 2.26. The Balaban J connectivity index is 2.13. The molecular weight excluding hydrogens is 316 g/mol. The van der Waals surface area contributed by atoms with Gasteiger partial charge in [0.2, 0.25) is 0 Å². The van der Waals surface area contributed by atoms with Gasteiger partial charge in [0.15, 0.2) is 0 Å². The third-order valence-electron chi connectivity index (χ3n) is 4.33. The normalized spacial score (nSPS) is 11.0. The van der Waals surface area contributed by atoms with Crippen molar-refractivity contribution in [1.82, 2.24) is 0 Å². The number of rotatable bonds is 7. The van der Waals surface area contributed by atoms with Crippen LogP contribution in [0.1, 0.15) is 58.1 Å². The largest absolute Gasteiger partial charge is 0.497 e. The Bertz CT molecular complexity index is 739. The summed E-state index contributed by atoms with van der Waals surface area (Å²) >= 11 is 0.